The van der Waals surface area contributed by atoms with Gasteiger partial charge in [-0.15, -0.1) is 11.3 Å². The van der Waals surface area contributed by atoms with Crippen molar-refractivity contribution in [2.24, 2.45) is 11.3 Å². The van der Waals surface area contributed by atoms with Crippen LogP contribution in [-0.2, 0) is 25.3 Å². The Labute approximate surface area is 277 Å². The Balaban J connectivity index is 1.12. The third kappa shape index (κ3) is 5.30. The second-order valence-corrected chi connectivity index (χ2v) is 17.9. The van der Waals surface area contributed by atoms with E-state index in [2.05, 4.69) is 15.0 Å². The SMILES string of the molecule is O=S1(=O)CC2(CC(Nc3nccc(-c4sc(C56CC(C5)C6)nc4-c4cccc(NS(=O)(=O)c5c(F)cccc5OC(F)F)c4F)n3)C2)C1. The normalized spacial score (nSPS) is 23.5. The van der Waals surface area contributed by atoms with Crippen molar-refractivity contribution in [3.05, 3.63) is 65.3 Å². The van der Waals surface area contributed by atoms with E-state index < -0.39 is 54.4 Å². The number of aromatic nitrogens is 3. The molecule has 5 fully saturated rings. The van der Waals surface area contributed by atoms with E-state index in [9.17, 15) is 30.0 Å². The Morgan fingerprint density at radius 3 is 2.38 bits per heavy atom. The fourth-order valence-electron chi connectivity index (χ4n) is 7.52. The van der Waals surface area contributed by atoms with E-state index in [-0.39, 0.29) is 39.6 Å². The van der Waals surface area contributed by atoms with Crippen LogP contribution >= 0.6 is 11.3 Å². The van der Waals surface area contributed by atoms with Crippen LogP contribution in [0.4, 0.5) is 29.2 Å². The lowest BCUT2D eigenvalue weighted by molar-refractivity contribution is -0.0520. The maximum absolute atomic E-state index is 16.3. The molecule has 9 rings (SSSR count). The Hall–Kier alpha value is -3.83. The van der Waals surface area contributed by atoms with Gasteiger partial charge in [-0.25, -0.2) is 40.6 Å². The number of alkyl halides is 2. The monoisotopic (exact) mass is 721 g/mol. The van der Waals surface area contributed by atoms with Gasteiger partial charge in [-0.1, -0.05) is 12.1 Å². The summed E-state index contributed by atoms with van der Waals surface area (Å²) in [7, 11) is -7.89. The topological polar surface area (TPSA) is 140 Å². The molecular weight excluding hydrogens is 695 g/mol. The van der Waals surface area contributed by atoms with Gasteiger partial charge in [0.05, 0.1) is 33.5 Å². The second kappa shape index (κ2) is 10.8. The lowest BCUT2D eigenvalue weighted by atomic mass is 9.45. The first-order chi connectivity index (χ1) is 22.7. The van der Waals surface area contributed by atoms with Gasteiger partial charge >= 0.3 is 6.61 Å². The lowest BCUT2D eigenvalue weighted by Gasteiger charge is -2.60. The van der Waals surface area contributed by atoms with Crippen molar-refractivity contribution in [1.29, 1.82) is 0 Å². The molecule has 0 radical (unpaired) electrons. The molecular formula is C31H27F4N5O5S3. The predicted octanol–water partition coefficient (Wildman–Crippen LogP) is 5.99. The molecule has 0 amide bonds. The lowest BCUT2D eigenvalue weighted by Crippen LogP contribution is -2.60. The van der Waals surface area contributed by atoms with Gasteiger partial charge in [0.15, 0.2) is 20.5 Å². The number of thiazole rings is 1. The molecule has 10 nitrogen and oxygen atoms in total. The minimum Gasteiger partial charge on any atom is -0.433 e. The molecule has 3 heterocycles. The van der Waals surface area contributed by atoms with Gasteiger partial charge in [-0.2, -0.15) is 8.78 Å². The number of ether oxygens (including phenoxy) is 1. The standard InChI is InChI=1S/C31H27F4N5O5S3/c32-19-4-2-6-22(45-28(34)35)26(19)48(43,44)40-20-5-1-3-18(23(20)33)24-25(46-27(39-24)31-9-16(10-31)11-31)21-7-8-36-29(38-21)37-17-12-30(13-17)14-47(41,42)15-30/h1-8,16-17,28,40H,9-15H2,(H,36,37,38). The van der Waals surface area contributed by atoms with Crippen LogP contribution in [0, 0.1) is 23.0 Å². The van der Waals surface area contributed by atoms with Crippen molar-refractivity contribution in [3.63, 3.8) is 0 Å². The molecule has 17 heteroatoms. The maximum Gasteiger partial charge on any atom is 0.387 e. The predicted molar refractivity (Wildman–Crippen MR) is 169 cm³/mol. The number of hydrogen-bond donors (Lipinski definition) is 2. The van der Waals surface area contributed by atoms with Crippen LogP contribution in [-0.4, -0.2) is 55.9 Å². The minimum absolute atomic E-state index is 0.0104. The molecule has 252 valence electrons. The highest BCUT2D eigenvalue weighted by Gasteiger charge is 2.59. The highest BCUT2D eigenvalue weighted by atomic mass is 32.2. The number of nitrogens with one attached hydrogen (secondary N) is 2. The summed E-state index contributed by atoms with van der Waals surface area (Å²) in [6.07, 6.45) is 5.87. The summed E-state index contributed by atoms with van der Waals surface area (Å²) in [4.78, 5) is 13.3. The number of sulfone groups is 1. The van der Waals surface area contributed by atoms with Gasteiger partial charge in [-0.3, -0.25) is 4.72 Å². The van der Waals surface area contributed by atoms with E-state index in [0.717, 1.165) is 48.5 Å². The smallest absolute Gasteiger partial charge is 0.387 e. The molecule has 2 N–H and O–H groups in total. The summed E-state index contributed by atoms with van der Waals surface area (Å²) in [5.41, 5.74) is -0.170. The fourth-order valence-corrected chi connectivity index (χ4v) is 12.3. The number of benzene rings is 2. The summed E-state index contributed by atoms with van der Waals surface area (Å²) in [5, 5.41) is 4.10. The van der Waals surface area contributed by atoms with Crippen LogP contribution in [0.1, 0.15) is 37.1 Å². The van der Waals surface area contributed by atoms with Crippen molar-refractivity contribution in [2.75, 3.05) is 21.5 Å². The molecule has 1 spiro atoms. The van der Waals surface area contributed by atoms with E-state index >= 15 is 4.39 Å². The highest BCUT2D eigenvalue weighted by molar-refractivity contribution is 7.93. The zero-order chi connectivity index (χ0) is 33.6. The second-order valence-electron chi connectivity index (χ2n) is 13.2. The Morgan fingerprint density at radius 1 is 0.979 bits per heavy atom. The van der Waals surface area contributed by atoms with Gasteiger partial charge in [0.25, 0.3) is 10.0 Å². The number of sulfonamides is 1. The molecule has 2 aromatic heterocycles. The molecule has 1 aliphatic heterocycles. The fraction of sp³-hybridized carbons (Fsp3) is 0.387. The van der Waals surface area contributed by atoms with Crippen molar-refractivity contribution in [2.45, 2.75) is 55.1 Å². The molecule has 2 aromatic carbocycles. The quantitative estimate of drug-likeness (QED) is 0.189. The number of rotatable bonds is 10. The third-order valence-corrected chi connectivity index (χ3v) is 14.5. The number of hydrogen-bond acceptors (Lipinski definition) is 10. The van der Waals surface area contributed by atoms with Crippen LogP contribution in [0.25, 0.3) is 21.8 Å². The molecule has 1 saturated heterocycles. The summed E-state index contributed by atoms with van der Waals surface area (Å²) >= 11 is 1.38. The molecule has 0 atom stereocenters. The molecule has 4 saturated carbocycles. The van der Waals surface area contributed by atoms with Crippen LogP contribution in [0.15, 0.2) is 53.6 Å². The molecule has 2 bridgehead atoms. The average molecular weight is 722 g/mol. The molecule has 4 aromatic rings. The zero-order valence-corrected chi connectivity index (χ0v) is 27.4. The van der Waals surface area contributed by atoms with Crippen LogP contribution < -0.4 is 14.8 Å². The Kier molecular flexibility index (Phi) is 7.10. The molecule has 48 heavy (non-hydrogen) atoms. The Morgan fingerprint density at radius 2 is 1.71 bits per heavy atom. The number of halogens is 4. The largest absolute Gasteiger partial charge is 0.433 e. The summed E-state index contributed by atoms with van der Waals surface area (Å²) < 4.78 is 113. The van der Waals surface area contributed by atoms with E-state index in [1.165, 1.54) is 23.5 Å². The van der Waals surface area contributed by atoms with Crippen molar-refractivity contribution in [1.82, 2.24) is 15.0 Å². The number of anilines is 2. The minimum atomic E-state index is -4.94. The van der Waals surface area contributed by atoms with Crippen molar-refractivity contribution >= 4 is 42.8 Å². The van der Waals surface area contributed by atoms with Gasteiger partial charge in [-0.05, 0) is 68.4 Å². The van der Waals surface area contributed by atoms with Gasteiger partial charge < -0.3 is 10.1 Å². The summed E-state index contributed by atoms with van der Waals surface area (Å²) in [6.45, 7) is -3.43. The summed E-state index contributed by atoms with van der Waals surface area (Å²) in [6, 6.07) is 8.29. The van der Waals surface area contributed by atoms with E-state index in [1.54, 1.807) is 12.3 Å². The van der Waals surface area contributed by atoms with E-state index in [1.807, 2.05) is 4.72 Å². The van der Waals surface area contributed by atoms with Crippen molar-refractivity contribution in [3.8, 4) is 27.6 Å². The van der Waals surface area contributed by atoms with Crippen LogP contribution in [0.2, 0.25) is 0 Å². The first-order valence-corrected chi connectivity index (χ1v) is 19.2. The van der Waals surface area contributed by atoms with Gasteiger partial charge in [0.2, 0.25) is 5.95 Å². The average Bonchev–Trinajstić information content (AvgIpc) is 3.34. The van der Waals surface area contributed by atoms with E-state index in [4.69, 9.17) is 9.97 Å². The first kappa shape index (κ1) is 31.4. The Bertz CT molecular complexity index is 2160. The van der Waals surface area contributed by atoms with Gasteiger partial charge in [0.1, 0.15) is 16.6 Å². The van der Waals surface area contributed by atoms with Crippen LogP contribution in [0.5, 0.6) is 5.75 Å². The van der Waals surface area contributed by atoms with Crippen LogP contribution in [0.3, 0.4) is 0 Å². The van der Waals surface area contributed by atoms with E-state index in [0.29, 0.717) is 35.3 Å². The molecule has 0 unspecified atom stereocenters. The van der Waals surface area contributed by atoms with Gasteiger partial charge in [0, 0.05) is 28.6 Å². The summed E-state index contributed by atoms with van der Waals surface area (Å²) in [5.74, 6) is -1.94. The first-order valence-electron chi connectivity index (χ1n) is 15.1. The third-order valence-electron chi connectivity index (χ3n) is 9.67. The maximum atomic E-state index is 16.3. The molecule has 4 aliphatic carbocycles. The number of nitrogens with zero attached hydrogens (tertiary/aromatic N) is 3. The van der Waals surface area contributed by atoms with Crippen molar-refractivity contribution < 1.29 is 39.1 Å². The molecule has 5 aliphatic rings. The zero-order valence-electron chi connectivity index (χ0n) is 24.9. The highest BCUT2D eigenvalue weighted by Crippen LogP contribution is 2.66.